The lowest BCUT2D eigenvalue weighted by atomic mass is 10.1. The molecule has 0 radical (unpaired) electrons. The van der Waals surface area contributed by atoms with E-state index in [1.165, 1.54) is 0 Å². The molecular weight excluding hydrogens is 408 g/mol. The van der Waals surface area contributed by atoms with Crippen LogP contribution in [0.15, 0.2) is 42.5 Å². The van der Waals surface area contributed by atoms with Crippen LogP contribution in [0, 0.1) is 0 Å². The van der Waals surface area contributed by atoms with Crippen molar-refractivity contribution >= 4 is 23.3 Å². The molecule has 2 aromatic rings. The van der Waals surface area contributed by atoms with E-state index >= 15 is 0 Å². The molecule has 2 aromatic carbocycles. The largest absolute Gasteiger partial charge is 0.485 e. The van der Waals surface area contributed by atoms with Crippen LogP contribution in [0.4, 0.5) is 5.69 Å². The Morgan fingerprint density at radius 3 is 2.75 bits per heavy atom. The monoisotopic (exact) mass is 438 g/mol. The normalized spacial score (nSPS) is 12.9. The molecule has 1 aliphatic rings. The maximum Gasteiger partial charge on any atom is 0.265 e. The molecule has 0 atom stereocenters. The molecule has 0 fully saturated rings. The molecule has 1 aliphatic heterocycles. The van der Waals surface area contributed by atoms with E-state index < -0.39 is 0 Å². The van der Waals surface area contributed by atoms with Crippen molar-refractivity contribution in [3.8, 4) is 11.5 Å². The van der Waals surface area contributed by atoms with Crippen LogP contribution in [-0.2, 0) is 16.0 Å². The summed E-state index contributed by atoms with van der Waals surface area (Å²) in [5, 5.41) is 2.84. The van der Waals surface area contributed by atoms with Gasteiger partial charge in [0.1, 0.15) is 11.5 Å². The van der Waals surface area contributed by atoms with Gasteiger partial charge in [-0.05, 0) is 62.6 Å². The van der Waals surface area contributed by atoms with E-state index in [2.05, 4.69) is 12.2 Å². The van der Waals surface area contributed by atoms with E-state index in [1.54, 1.807) is 23.1 Å². The van der Waals surface area contributed by atoms with Crippen LogP contribution in [0.25, 0.3) is 0 Å². The summed E-state index contributed by atoms with van der Waals surface area (Å²) in [7, 11) is 0. The Morgan fingerprint density at radius 1 is 1.19 bits per heavy atom. The molecule has 0 unspecified atom stereocenters. The number of carbonyl (C=O) groups is 3. The molecule has 7 heteroatoms. The molecule has 0 spiro atoms. The highest BCUT2D eigenvalue weighted by molar-refractivity contribution is 6.02. The third kappa shape index (κ3) is 6.09. The number of amides is 2. The molecule has 0 bridgehead atoms. The van der Waals surface area contributed by atoms with E-state index in [0.717, 1.165) is 12.0 Å². The van der Waals surface area contributed by atoms with Gasteiger partial charge in [0.25, 0.3) is 5.91 Å². The van der Waals surface area contributed by atoms with Gasteiger partial charge < -0.3 is 19.7 Å². The highest BCUT2D eigenvalue weighted by atomic mass is 16.5. The van der Waals surface area contributed by atoms with Crippen LogP contribution in [0.3, 0.4) is 0 Å². The van der Waals surface area contributed by atoms with E-state index in [0.29, 0.717) is 42.1 Å². The zero-order valence-corrected chi connectivity index (χ0v) is 18.8. The highest BCUT2D eigenvalue weighted by Crippen LogP contribution is 2.33. The number of hydrogen-bond donors (Lipinski definition) is 1. The minimum Gasteiger partial charge on any atom is -0.485 e. The Balaban J connectivity index is 1.66. The Bertz CT molecular complexity index is 986. The van der Waals surface area contributed by atoms with Crippen LogP contribution >= 0.6 is 0 Å². The van der Waals surface area contributed by atoms with Crippen molar-refractivity contribution in [3.05, 3.63) is 53.6 Å². The molecule has 1 heterocycles. The molecule has 7 nitrogen and oxygen atoms in total. The first-order valence-corrected chi connectivity index (χ1v) is 11.0. The van der Waals surface area contributed by atoms with E-state index in [-0.39, 0.29) is 36.9 Å². The van der Waals surface area contributed by atoms with Crippen LogP contribution in [0.2, 0.25) is 0 Å². The van der Waals surface area contributed by atoms with Gasteiger partial charge in [0, 0.05) is 24.6 Å². The molecule has 0 aliphatic carbocycles. The third-order valence-corrected chi connectivity index (χ3v) is 5.14. The first-order chi connectivity index (χ1) is 15.4. The SMILES string of the molecule is CCc1cccc(OCC(=O)c2ccc3c(c2)N(CCCC(=O)NC(C)C)C(=O)CO3)c1. The minimum atomic E-state index is -0.195. The molecule has 170 valence electrons. The summed E-state index contributed by atoms with van der Waals surface area (Å²) in [6.45, 7) is 6.08. The van der Waals surface area contributed by atoms with Gasteiger partial charge in [-0.25, -0.2) is 0 Å². The molecule has 0 aromatic heterocycles. The van der Waals surface area contributed by atoms with Crippen molar-refractivity contribution < 1.29 is 23.9 Å². The lowest BCUT2D eigenvalue weighted by Crippen LogP contribution is -2.40. The number of fused-ring (bicyclic) bond motifs is 1. The number of benzene rings is 2. The Kier molecular flexibility index (Phi) is 7.87. The van der Waals surface area contributed by atoms with Crippen molar-refractivity contribution in [2.75, 3.05) is 24.7 Å². The zero-order chi connectivity index (χ0) is 23.1. The summed E-state index contributed by atoms with van der Waals surface area (Å²) in [5.74, 6) is 0.761. The number of hydrogen-bond acceptors (Lipinski definition) is 5. The van der Waals surface area contributed by atoms with Crippen molar-refractivity contribution in [2.24, 2.45) is 0 Å². The summed E-state index contributed by atoms with van der Waals surface area (Å²) >= 11 is 0. The number of ether oxygens (including phenoxy) is 2. The summed E-state index contributed by atoms with van der Waals surface area (Å²) in [4.78, 5) is 38.7. The van der Waals surface area contributed by atoms with Gasteiger partial charge in [0.05, 0.1) is 5.69 Å². The second-order valence-electron chi connectivity index (χ2n) is 8.06. The van der Waals surface area contributed by atoms with Crippen LogP contribution in [0.5, 0.6) is 11.5 Å². The Morgan fingerprint density at radius 2 is 2.00 bits per heavy atom. The third-order valence-electron chi connectivity index (χ3n) is 5.14. The molecule has 32 heavy (non-hydrogen) atoms. The van der Waals surface area contributed by atoms with Crippen molar-refractivity contribution in [2.45, 2.75) is 46.1 Å². The number of ketones is 1. The number of rotatable bonds is 10. The number of Topliss-reactive ketones (excluding diaryl/α,β-unsaturated/α-hetero) is 1. The second kappa shape index (κ2) is 10.8. The molecule has 0 saturated carbocycles. The minimum absolute atomic E-state index is 0.0471. The smallest absolute Gasteiger partial charge is 0.265 e. The summed E-state index contributed by atoms with van der Waals surface area (Å²) in [6.07, 6.45) is 1.72. The summed E-state index contributed by atoms with van der Waals surface area (Å²) < 4.78 is 11.2. The topological polar surface area (TPSA) is 84.9 Å². The highest BCUT2D eigenvalue weighted by Gasteiger charge is 2.26. The average molecular weight is 439 g/mol. The van der Waals surface area contributed by atoms with Crippen molar-refractivity contribution in [1.29, 1.82) is 0 Å². The number of nitrogens with one attached hydrogen (secondary N) is 1. The number of aryl methyl sites for hydroxylation is 1. The average Bonchev–Trinajstić information content (AvgIpc) is 2.78. The second-order valence-corrected chi connectivity index (χ2v) is 8.06. The maximum absolute atomic E-state index is 12.7. The number of carbonyl (C=O) groups excluding carboxylic acids is 3. The van der Waals surface area contributed by atoms with Crippen molar-refractivity contribution in [3.63, 3.8) is 0 Å². The van der Waals surface area contributed by atoms with E-state index in [9.17, 15) is 14.4 Å². The van der Waals surface area contributed by atoms with Crippen LogP contribution in [-0.4, -0.2) is 43.4 Å². The van der Waals surface area contributed by atoms with Crippen LogP contribution in [0.1, 0.15) is 49.5 Å². The van der Waals surface area contributed by atoms with Gasteiger partial charge in [0.15, 0.2) is 19.0 Å². The van der Waals surface area contributed by atoms with Gasteiger partial charge in [-0.3, -0.25) is 14.4 Å². The van der Waals surface area contributed by atoms with Gasteiger partial charge >= 0.3 is 0 Å². The first-order valence-electron chi connectivity index (χ1n) is 11.0. The molecule has 2 amide bonds. The fourth-order valence-electron chi connectivity index (χ4n) is 3.50. The number of anilines is 1. The fraction of sp³-hybridized carbons (Fsp3) is 0.400. The van der Waals surface area contributed by atoms with Gasteiger partial charge in [0.2, 0.25) is 5.91 Å². The predicted octanol–water partition coefficient (Wildman–Crippen LogP) is 3.54. The molecule has 1 N–H and O–H groups in total. The van der Waals surface area contributed by atoms with Crippen LogP contribution < -0.4 is 19.7 Å². The fourth-order valence-corrected chi connectivity index (χ4v) is 3.50. The Labute approximate surface area is 188 Å². The Hall–Kier alpha value is -3.35. The zero-order valence-electron chi connectivity index (χ0n) is 18.8. The predicted molar refractivity (Wildman–Crippen MR) is 122 cm³/mol. The quantitative estimate of drug-likeness (QED) is 0.574. The van der Waals surface area contributed by atoms with Crippen molar-refractivity contribution in [1.82, 2.24) is 5.32 Å². The maximum atomic E-state index is 12.7. The van der Waals surface area contributed by atoms with Gasteiger partial charge in [-0.1, -0.05) is 19.1 Å². The first kappa shape index (κ1) is 23.3. The molecule has 0 saturated heterocycles. The lowest BCUT2D eigenvalue weighted by Gasteiger charge is -2.29. The van der Waals surface area contributed by atoms with Gasteiger partial charge in [-0.2, -0.15) is 0 Å². The summed E-state index contributed by atoms with van der Waals surface area (Å²) in [6, 6.07) is 12.8. The van der Waals surface area contributed by atoms with E-state index in [4.69, 9.17) is 9.47 Å². The van der Waals surface area contributed by atoms with E-state index in [1.807, 2.05) is 38.1 Å². The summed E-state index contributed by atoms with van der Waals surface area (Å²) in [5.41, 5.74) is 2.12. The molecule has 3 rings (SSSR count). The lowest BCUT2D eigenvalue weighted by molar-refractivity contribution is -0.123. The molecular formula is C25H30N2O5. The standard InChI is InChI=1S/C25H30N2O5/c1-4-18-7-5-8-20(13-18)31-15-22(28)19-10-11-23-21(14-19)27(25(30)16-32-23)12-6-9-24(29)26-17(2)3/h5,7-8,10-11,13-14,17H,4,6,9,12,15-16H2,1-3H3,(H,26,29). The van der Waals surface area contributed by atoms with Gasteiger partial charge in [-0.15, -0.1) is 0 Å². The number of nitrogens with zero attached hydrogens (tertiary/aromatic N) is 1.